The van der Waals surface area contributed by atoms with Crippen LogP contribution in [0.15, 0.2) is 0 Å². The van der Waals surface area contributed by atoms with E-state index >= 15 is 0 Å². The van der Waals surface area contributed by atoms with Crippen LogP contribution in [0.25, 0.3) is 0 Å². The third-order valence-corrected chi connectivity index (χ3v) is 4.13. The highest BCUT2D eigenvalue weighted by atomic mass is 16.5. The number of hydrogen-bond acceptors (Lipinski definition) is 4. The first-order valence-electron chi connectivity index (χ1n) is 7.28. The second-order valence-electron chi connectivity index (χ2n) is 5.67. The molecule has 0 aromatic carbocycles. The zero-order valence-electron chi connectivity index (χ0n) is 11.9. The Morgan fingerprint density at radius 2 is 2.32 bits per heavy atom. The molecule has 2 heterocycles. The van der Waals surface area contributed by atoms with Gasteiger partial charge >= 0.3 is 5.97 Å². The number of nitrogens with zero attached hydrogens (tertiary/aromatic N) is 1. The number of esters is 1. The molecule has 2 aliphatic rings. The summed E-state index contributed by atoms with van der Waals surface area (Å²) in [5.41, 5.74) is 0. The predicted octanol–water partition coefficient (Wildman–Crippen LogP) is 0.786. The largest absolute Gasteiger partial charge is 0.466 e. The standard InChI is InChI=1S/C14H24N2O3/c1-3-19-14(18)10(2)8-16-7-6-12-11(9-16)4-5-13(17)15-12/h10-12H,3-9H2,1-2H3,(H,15,17). The second-order valence-corrected chi connectivity index (χ2v) is 5.67. The molecule has 1 N–H and O–H groups in total. The summed E-state index contributed by atoms with van der Waals surface area (Å²) < 4.78 is 5.04. The van der Waals surface area contributed by atoms with E-state index < -0.39 is 0 Å². The van der Waals surface area contributed by atoms with Crippen molar-refractivity contribution in [2.45, 2.75) is 39.2 Å². The van der Waals surface area contributed by atoms with Gasteiger partial charge in [0.1, 0.15) is 0 Å². The Kier molecular flexibility index (Phi) is 4.80. The average Bonchev–Trinajstić information content (AvgIpc) is 2.39. The second kappa shape index (κ2) is 6.37. The number of rotatable bonds is 4. The van der Waals surface area contributed by atoms with Crippen molar-refractivity contribution in [3.63, 3.8) is 0 Å². The lowest BCUT2D eigenvalue weighted by atomic mass is 9.85. The maximum Gasteiger partial charge on any atom is 0.309 e. The van der Waals surface area contributed by atoms with Crippen LogP contribution in [0.3, 0.4) is 0 Å². The maximum absolute atomic E-state index is 11.6. The van der Waals surface area contributed by atoms with Gasteiger partial charge in [0.05, 0.1) is 12.5 Å². The lowest BCUT2D eigenvalue weighted by Crippen LogP contribution is -2.54. The highest BCUT2D eigenvalue weighted by molar-refractivity contribution is 5.77. The van der Waals surface area contributed by atoms with Gasteiger partial charge in [-0.1, -0.05) is 6.92 Å². The van der Waals surface area contributed by atoms with Crippen molar-refractivity contribution in [1.29, 1.82) is 0 Å². The summed E-state index contributed by atoms with van der Waals surface area (Å²) in [5, 5.41) is 3.08. The minimum atomic E-state index is -0.110. The number of fused-ring (bicyclic) bond motifs is 1. The van der Waals surface area contributed by atoms with E-state index in [9.17, 15) is 9.59 Å². The van der Waals surface area contributed by atoms with Gasteiger partial charge < -0.3 is 15.0 Å². The van der Waals surface area contributed by atoms with Crippen LogP contribution in [0.5, 0.6) is 0 Å². The molecular weight excluding hydrogens is 244 g/mol. The number of likely N-dealkylation sites (tertiary alicyclic amines) is 1. The van der Waals surface area contributed by atoms with Crippen LogP contribution in [0, 0.1) is 11.8 Å². The SMILES string of the molecule is CCOC(=O)C(C)CN1CCC2NC(=O)CCC2C1. The molecule has 0 bridgehead atoms. The monoisotopic (exact) mass is 268 g/mol. The highest BCUT2D eigenvalue weighted by Gasteiger charge is 2.34. The number of piperidine rings is 2. The van der Waals surface area contributed by atoms with Gasteiger partial charge in [-0.25, -0.2) is 0 Å². The Labute approximate surface area is 114 Å². The van der Waals surface area contributed by atoms with Crippen LogP contribution >= 0.6 is 0 Å². The third-order valence-electron chi connectivity index (χ3n) is 4.13. The minimum Gasteiger partial charge on any atom is -0.466 e. The number of nitrogens with one attached hydrogen (secondary N) is 1. The van der Waals surface area contributed by atoms with Gasteiger partial charge in [0.25, 0.3) is 0 Å². The summed E-state index contributed by atoms with van der Waals surface area (Å²) in [6, 6.07) is 0.343. The molecule has 2 aliphatic heterocycles. The van der Waals surface area contributed by atoms with Gasteiger partial charge in [0, 0.05) is 32.1 Å². The summed E-state index contributed by atoms with van der Waals surface area (Å²) in [6.45, 7) is 6.89. The van der Waals surface area contributed by atoms with E-state index in [0.717, 1.165) is 32.5 Å². The Bertz CT molecular complexity index is 346. The summed E-state index contributed by atoms with van der Waals surface area (Å²) >= 11 is 0. The molecule has 0 aliphatic carbocycles. The number of hydrogen-bond donors (Lipinski definition) is 1. The lowest BCUT2D eigenvalue weighted by molar-refractivity contribution is -0.148. The Balaban J connectivity index is 1.81. The normalized spacial score (nSPS) is 29.3. The van der Waals surface area contributed by atoms with Crippen molar-refractivity contribution in [3.8, 4) is 0 Å². The summed E-state index contributed by atoms with van der Waals surface area (Å²) in [4.78, 5) is 25.3. The molecule has 3 atom stereocenters. The molecule has 5 nitrogen and oxygen atoms in total. The van der Waals surface area contributed by atoms with E-state index in [1.165, 1.54) is 0 Å². The molecule has 5 heteroatoms. The highest BCUT2D eigenvalue weighted by Crippen LogP contribution is 2.25. The van der Waals surface area contributed by atoms with Gasteiger partial charge in [-0.05, 0) is 25.7 Å². The van der Waals surface area contributed by atoms with Crippen LogP contribution in [-0.2, 0) is 14.3 Å². The number of carbonyl (C=O) groups excluding carboxylic acids is 2. The molecule has 108 valence electrons. The predicted molar refractivity (Wildman–Crippen MR) is 71.5 cm³/mol. The van der Waals surface area contributed by atoms with E-state index in [0.29, 0.717) is 25.0 Å². The molecule has 2 saturated heterocycles. The Morgan fingerprint density at radius 3 is 3.05 bits per heavy atom. The molecule has 2 rings (SSSR count). The maximum atomic E-state index is 11.6. The molecular formula is C14H24N2O3. The quantitative estimate of drug-likeness (QED) is 0.766. The van der Waals surface area contributed by atoms with E-state index in [1.54, 1.807) is 0 Å². The molecule has 19 heavy (non-hydrogen) atoms. The summed E-state index contributed by atoms with van der Waals surface area (Å²) in [5.74, 6) is 0.548. The molecule has 2 fully saturated rings. The Hall–Kier alpha value is -1.10. The van der Waals surface area contributed by atoms with E-state index in [1.807, 2.05) is 13.8 Å². The fraction of sp³-hybridized carbons (Fsp3) is 0.857. The fourth-order valence-corrected chi connectivity index (χ4v) is 3.10. The zero-order chi connectivity index (χ0) is 13.8. The van der Waals surface area contributed by atoms with Gasteiger partial charge in [0.2, 0.25) is 5.91 Å². The van der Waals surface area contributed by atoms with Crippen molar-refractivity contribution in [3.05, 3.63) is 0 Å². The van der Waals surface area contributed by atoms with Crippen molar-refractivity contribution in [2.75, 3.05) is 26.2 Å². The smallest absolute Gasteiger partial charge is 0.309 e. The Morgan fingerprint density at radius 1 is 1.53 bits per heavy atom. The van der Waals surface area contributed by atoms with Gasteiger partial charge in [-0.2, -0.15) is 0 Å². The van der Waals surface area contributed by atoms with Crippen LogP contribution < -0.4 is 5.32 Å². The van der Waals surface area contributed by atoms with E-state index in [2.05, 4.69) is 10.2 Å². The minimum absolute atomic E-state index is 0.0744. The molecule has 3 unspecified atom stereocenters. The lowest BCUT2D eigenvalue weighted by Gasteiger charge is -2.41. The molecule has 0 saturated carbocycles. The first-order chi connectivity index (χ1) is 9.10. The molecule has 0 radical (unpaired) electrons. The van der Waals surface area contributed by atoms with Gasteiger partial charge in [0.15, 0.2) is 0 Å². The topological polar surface area (TPSA) is 58.6 Å². The van der Waals surface area contributed by atoms with Crippen molar-refractivity contribution < 1.29 is 14.3 Å². The summed E-state index contributed by atoms with van der Waals surface area (Å²) in [6.07, 6.45) is 2.61. The zero-order valence-corrected chi connectivity index (χ0v) is 11.9. The van der Waals surface area contributed by atoms with Crippen molar-refractivity contribution >= 4 is 11.9 Å². The van der Waals surface area contributed by atoms with E-state index in [4.69, 9.17) is 4.74 Å². The number of amides is 1. The van der Waals surface area contributed by atoms with Gasteiger partial charge in [-0.3, -0.25) is 9.59 Å². The van der Waals surface area contributed by atoms with Crippen LogP contribution in [0.2, 0.25) is 0 Å². The van der Waals surface area contributed by atoms with Gasteiger partial charge in [-0.15, -0.1) is 0 Å². The fourth-order valence-electron chi connectivity index (χ4n) is 3.10. The first kappa shape index (κ1) is 14.3. The molecule has 0 aromatic rings. The average molecular weight is 268 g/mol. The number of carbonyl (C=O) groups is 2. The van der Waals surface area contributed by atoms with Crippen LogP contribution in [0.4, 0.5) is 0 Å². The van der Waals surface area contributed by atoms with Crippen LogP contribution in [0.1, 0.15) is 33.1 Å². The molecule has 0 aromatic heterocycles. The third kappa shape index (κ3) is 3.69. The molecule has 0 spiro atoms. The number of ether oxygens (including phenoxy) is 1. The van der Waals surface area contributed by atoms with Crippen LogP contribution in [-0.4, -0.2) is 49.1 Å². The van der Waals surface area contributed by atoms with Crippen molar-refractivity contribution in [2.24, 2.45) is 11.8 Å². The van der Waals surface area contributed by atoms with Crippen molar-refractivity contribution in [1.82, 2.24) is 10.2 Å². The summed E-state index contributed by atoms with van der Waals surface area (Å²) in [7, 11) is 0. The molecule has 1 amide bonds. The first-order valence-corrected chi connectivity index (χ1v) is 7.28. The van der Waals surface area contributed by atoms with E-state index in [-0.39, 0.29) is 17.8 Å².